The Morgan fingerprint density at radius 3 is 2.62 bits per heavy atom. The predicted molar refractivity (Wildman–Crippen MR) is 99.6 cm³/mol. The molecule has 2 amide bonds. The lowest BCUT2D eigenvalue weighted by atomic mass is 10.2. The van der Waals surface area contributed by atoms with Crippen LogP contribution in [0.3, 0.4) is 0 Å². The number of carbonyl (C=O) groups excluding carboxylic acids is 1. The van der Waals surface area contributed by atoms with Gasteiger partial charge in [-0.1, -0.05) is 18.2 Å². The first-order valence-electron chi connectivity index (χ1n) is 8.82. The fourth-order valence-electron chi connectivity index (χ4n) is 2.89. The Morgan fingerprint density at radius 1 is 1.12 bits per heavy atom. The van der Waals surface area contributed by atoms with Crippen molar-refractivity contribution >= 4 is 11.7 Å². The normalized spacial score (nSPS) is 13.4. The molecule has 0 atom stereocenters. The van der Waals surface area contributed by atoms with Gasteiger partial charge in [-0.3, -0.25) is 9.67 Å². The molecule has 4 rings (SSSR count). The van der Waals surface area contributed by atoms with Gasteiger partial charge in [0.2, 0.25) is 0 Å². The van der Waals surface area contributed by atoms with E-state index in [4.69, 9.17) is 0 Å². The minimum Gasteiger partial charge on any atom is -0.316 e. The summed E-state index contributed by atoms with van der Waals surface area (Å²) in [5.74, 6) is 0. The molecule has 1 N–H and O–H groups in total. The molecule has 6 heteroatoms. The van der Waals surface area contributed by atoms with Gasteiger partial charge >= 0.3 is 6.03 Å². The Balaban J connectivity index is 1.39. The number of rotatable bonds is 6. The standard InChI is InChI=1S/C20H21N5O/c26-20(25(19-9-10-19)15-18-4-1-2-11-21-18)23-17-7-5-16(6-8-17)14-24-13-3-12-22-24/h1-8,11-13,19H,9-10,14-15H2,(H,23,26). The van der Waals surface area contributed by atoms with Gasteiger partial charge in [-0.25, -0.2) is 4.79 Å². The second-order valence-corrected chi connectivity index (χ2v) is 6.51. The molecule has 2 aromatic heterocycles. The van der Waals surface area contributed by atoms with Crippen LogP contribution >= 0.6 is 0 Å². The number of urea groups is 1. The molecule has 26 heavy (non-hydrogen) atoms. The number of nitrogens with zero attached hydrogens (tertiary/aromatic N) is 4. The zero-order valence-corrected chi connectivity index (χ0v) is 14.5. The third kappa shape index (κ3) is 4.08. The molecule has 2 heterocycles. The van der Waals surface area contributed by atoms with E-state index in [1.165, 1.54) is 0 Å². The molecule has 6 nitrogen and oxygen atoms in total. The lowest BCUT2D eigenvalue weighted by Crippen LogP contribution is -2.36. The summed E-state index contributed by atoms with van der Waals surface area (Å²) in [5.41, 5.74) is 2.84. The number of anilines is 1. The highest BCUT2D eigenvalue weighted by molar-refractivity contribution is 5.89. The number of hydrogen-bond donors (Lipinski definition) is 1. The molecule has 132 valence electrons. The summed E-state index contributed by atoms with van der Waals surface area (Å²) in [4.78, 5) is 18.9. The highest BCUT2D eigenvalue weighted by Gasteiger charge is 2.32. The van der Waals surface area contributed by atoms with Crippen LogP contribution in [0, 0.1) is 0 Å². The molecule has 1 saturated carbocycles. The average molecular weight is 347 g/mol. The average Bonchev–Trinajstić information content (AvgIpc) is 3.38. The molecule has 0 spiro atoms. The van der Waals surface area contributed by atoms with Crippen LogP contribution in [0.25, 0.3) is 0 Å². The maximum Gasteiger partial charge on any atom is 0.322 e. The van der Waals surface area contributed by atoms with Gasteiger partial charge in [0.05, 0.1) is 18.8 Å². The summed E-state index contributed by atoms with van der Waals surface area (Å²) in [5, 5.41) is 7.21. The smallest absolute Gasteiger partial charge is 0.316 e. The Morgan fingerprint density at radius 2 is 1.96 bits per heavy atom. The van der Waals surface area contributed by atoms with Crippen molar-refractivity contribution < 1.29 is 4.79 Å². The first-order valence-corrected chi connectivity index (χ1v) is 8.82. The van der Waals surface area contributed by atoms with Crippen molar-refractivity contribution in [1.82, 2.24) is 19.7 Å². The number of hydrogen-bond acceptors (Lipinski definition) is 3. The quantitative estimate of drug-likeness (QED) is 0.742. The Hall–Kier alpha value is -3.15. The Kier molecular flexibility index (Phi) is 4.64. The molecular weight excluding hydrogens is 326 g/mol. The molecule has 1 aromatic carbocycles. The molecule has 0 saturated heterocycles. The summed E-state index contributed by atoms with van der Waals surface area (Å²) in [6.45, 7) is 1.25. The summed E-state index contributed by atoms with van der Waals surface area (Å²) in [6.07, 6.45) is 7.58. The maximum absolute atomic E-state index is 12.7. The van der Waals surface area contributed by atoms with Crippen molar-refractivity contribution in [3.8, 4) is 0 Å². The van der Waals surface area contributed by atoms with E-state index in [1.54, 1.807) is 12.4 Å². The molecule has 1 fully saturated rings. The topological polar surface area (TPSA) is 63.1 Å². The van der Waals surface area contributed by atoms with E-state index < -0.39 is 0 Å². The van der Waals surface area contributed by atoms with Crippen LogP contribution in [-0.4, -0.2) is 31.7 Å². The lowest BCUT2D eigenvalue weighted by molar-refractivity contribution is 0.205. The largest absolute Gasteiger partial charge is 0.322 e. The summed E-state index contributed by atoms with van der Waals surface area (Å²) in [7, 11) is 0. The highest BCUT2D eigenvalue weighted by atomic mass is 16.2. The van der Waals surface area contributed by atoms with Crippen LogP contribution in [0.15, 0.2) is 67.1 Å². The van der Waals surface area contributed by atoms with Crippen LogP contribution in [0.2, 0.25) is 0 Å². The van der Waals surface area contributed by atoms with Crippen molar-refractivity contribution in [2.45, 2.75) is 32.0 Å². The van der Waals surface area contributed by atoms with Gasteiger partial charge < -0.3 is 10.2 Å². The number of aromatic nitrogens is 3. The summed E-state index contributed by atoms with van der Waals surface area (Å²) >= 11 is 0. The third-order valence-electron chi connectivity index (χ3n) is 4.42. The van der Waals surface area contributed by atoms with Gasteiger partial charge in [-0.2, -0.15) is 5.10 Å². The van der Waals surface area contributed by atoms with E-state index in [-0.39, 0.29) is 6.03 Å². The predicted octanol–water partition coefficient (Wildman–Crippen LogP) is 3.52. The maximum atomic E-state index is 12.7. The van der Waals surface area contributed by atoms with Crippen LogP contribution in [0.1, 0.15) is 24.1 Å². The molecular formula is C20H21N5O. The van der Waals surface area contributed by atoms with Gasteiger partial charge in [-0.15, -0.1) is 0 Å². The van der Waals surface area contributed by atoms with E-state index in [9.17, 15) is 4.79 Å². The fraction of sp³-hybridized carbons (Fsp3) is 0.250. The molecule has 0 aliphatic heterocycles. The number of benzene rings is 1. The molecule has 1 aliphatic rings. The van der Waals surface area contributed by atoms with Gasteiger partial charge in [0.25, 0.3) is 0 Å². The number of carbonyl (C=O) groups is 1. The highest BCUT2D eigenvalue weighted by Crippen LogP contribution is 2.28. The van der Waals surface area contributed by atoms with Crippen LogP contribution < -0.4 is 5.32 Å². The Labute approximate surface area is 152 Å². The van der Waals surface area contributed by atoms with E-state index in [0.717, 1.165) is 36.3 Å². The van der Waals surface area contributed by atoms with Crippen LogP contribution in [0.4, 0.5) is 10.5 Å². The fourth-order valence-corrected chi connectivity index (χ4v) is 2.89. The van der Waals surface area contributed by atoms with E-state index in [2.05, 4.69) is 15.4 Å². The van der Waals surface area contributed by atoms with E-state index >= 15 is 0 Å². The molecule has 0 radical (unpaired) electrons. The zero-order chi connectivity index (χ0) is 17.8. The summed E-state index contributed by atoms with van der Waals surface area (Å²) in [6, 6.07) is 15.8. The Bertz CT molecular complexity index is 842. The lowest BCUT2D eigenvalue weighted by Gasteiger charge is -2.22. The minimum atomic E-state index is -0.0713. The van der Waals surface area contributed by atoms with Crippen molar-refractivity contribution in [3.05, 3.63) is 78.4 Å². The second-order valence-electron chi connectivity index (χ2n) is 6.51. The molecule has 1 aliphatic carbocycles. The third-order valence-corrected chi connectivity index (χ3v) is 4.42. The van der Waals surface area contributed by atoms with Gasteiger partial charge in [-0.05, 0) is 48.7 Å². The molecule has 3 aromatic rings. The van der Waals surface area contributed by atoms with Gasteiger partial charge in [0.1, 0.15) is 0 Å². The first kappa shape index (κ1) is 16.3. The van der Waals surface area contributed by atoms with Crippen LogP contribution in [0.5, 0.6) is 0 Å². The number of amides is 2. The zero-order valence-electron chi connectivity index (χ0n) is 14.5. The summed E-state index contributed by atoms with van der Waals surface area (Å²) < 4.78 is 1.87. The van der Waals surface area contributed by atoms with Crippen molar-refractivity contribution in [2.75, 3.05) is 5.32 Å². The SMILES string of the molecule is O=C(Nc1ccc(Cn2cccn2)cc1)N(Cc1ccccn1)C1CC1. The van der Waals surface area contributed by atoms with Gasteiger partial charge in [0.15, 0.2) is 0 Å². The molecule has 0 bridgehead atoms. The number of pyridine rings is 1. The van der Waals surface area contributed by atoms with Gasteiger partial charge in [0, 0.05) is 30.3 Å². The van der Waals surface area contributed by atoms with Crippen LogP contribution in [-0.2, 0) is 13.1 Å². The van der Waals surface area contributed by atoms with Crippen molar-refractivity contribution in [1.29, 1.82) is 0 Å². The van der Waals surface area contributed by atoms with E-state index in [0.29, 0.717) is 12.6 Å². The first-order chi connectivity index (χ1) is 12.8. The minimum absolute atomic E-state index is 0.0713. The molecule has 0 unspecified atom stereocenters. The monoisotopic (exact) mass is 347 g/mol. The number of nitrogens with one attached hydrogen (secondary N) is 1. The van der Waals surface area contributed by atoms with Crippen molar-refractivity contribution in [2.24, 2.45) is 0 Å². The van der Waals surface area contributed by atoms with E-state index in [1.807, 2.05) is 64.3 Å². The van der Waals surface area contributed by atoms with Crippen molar-refractivity contribution in [3.63, 3.8) is 0 Å². The second kappa shape index (κ2) is 7.39.